The molecule has 20 heavy (non-hydrogen) atoms. The zero-order chi connectivity index (χ0) is 15.6. The highest BCUT2D eigenvalue weighted by Gasteiger charge is 2.43. The largest absolute Gasteiger partial charge is 0.416 e. The number of alkyl halides is 3. The SMILES string of the molecule is CCC(CC)(C(O)c1cnccc1C(F)(F)F)N(C)C. The molecule has 0 aliphatic carbocycles. The van der Waals surface area contributed by atoms with Gasteiger partial charge in [0, 0.05) is 18.0 Å². The van der Waals surface area contributed by atoms with E-state index in [2.05, 4.69) is 4.98 Å². The molecule has 0 radical (unpaired) electrons. The number of halogens is 3. The molecule has 0 saturated heterocycles. The Morgan fingerprint density at radius 3 is 2.20 bits per heavy atom. The second-order valence-electron chi connectivity index (χ2n) is 5.07. The number of rotatable bonds is 5. The van der Waals surface area contributed by atoms with E-state index in [1.807, 2.05) is 13.8 Å². The summed E-state index contributed by atoms with van der Waals surface area (Å²) in [5.74, 6) is 0. The summed E-state index contributed by atoms with van der Waals surface area (Å²) in [7, 11) is 3.53. The number of nitrogens with zero attached hydrogens (tertiary/aromatic N) is 2. The molecule has 0 fully saturated rings. The van der Waals surface area contributed by atoms with Crippen LogP contribution < -0.4 is 0 Å². The number of aliphatic hydroxyl groups is 1. The Balaban J connectivity index is 3.37. The van der Waals surface area contributed by atoms with Crippen molar-refractivity contribution in [3.63, 3.8) is 0 Å². The van der Waals surface area contributed by atoms with Crippen LogP contribution in [-0.4, -0.2) is 34.6 Å². The molecule has 1 unspecified atom stereocenters. The van der Waals surface area contributed by atoms with Gasteiger partial charge in [0.2, 0.25) is 0 Å². The van der Waals surface area contributed by atoms with Crippen molar-refractivity contribution in [2.75, 3.05) is 14.1 Å². The number of aliphatic hydroxyl groups excluding tert-OH is 1. The van der Waals surface area contributed by atoms with Gasteiger partial charge in [-0.15, -0.1) is 0 Å². The van der Waals surface area contributed by atoms with Gasteiger partial charge in [-0.2, -0.15) is 13.2 Å². The van der Waals surface area contributed by atoms with E-state index >= 15 is 0 Å². The minimum Gasteiger partial charge on any atom is -0.386 e. The molecule has 6 heteroatoms. The highest BCUT2D eigenvalue weighted by molar-refractivity contribution is 5.30. The van der Waals surface area contributed by atoms with Crippen molar-refractivity contribution < 1.29 is 18.3 Å². The molecule has 0 spiro atoms. The number of hydrogen-bond donors (Lipinski definition) is 1. The molecule has 1 heterocycles. The molecule has 0 aliphatic heterocycles. The molecule has 0 saturated carbocycles. The van der Waals surface area contributed by atoms with Crippen molar-refractivity contribution in [1.29, 1.82) is 0 Å². The van der Waals surface area contributed by atoms with Crippen molar-refractivity contribution in [1.82, 2.24) is 9.88 Å². The maximum Gasteiger partial charge on any atom is 0.416 e. The smallest absolute Gasteiger partial charge is 0.386 e. The second-order valence-corrected chi connectivity index (χ2v) is 5.07. The van der Waals surface area contributed by atoms with Gasteiger partial charge in [-0.1, -0.05) is 13.8 Å². The van der Waals surface area contributed by atoms with Crippen LogP contribution in [-0.2, 0) is 6.18 Å². The average Bonchev–Trinajstić information content (AvgIpc) is 2.39. The van der Waals surface area contributed by atoms with Crippen LogP contribution in [0.25, 0.3) is 0 Å². The molecule has 1 aromatic heterocycles. The fourth-order valence-electron chi connectivity index (χ4n) is 2.69. The molecular weight excluding hydrogens is 269 g/mol. The van der Waals surface area contributed by atoms with E-state index in [9.17, 15) is 18.3 Å². The topological polar surface area (TPSA) is 36.4 Å². The summed E-state index contributed by atoms with van der Waals surface area (Å²) in [6.45, 7) is 3.71. The van der Waals surface area contributed by atoms with Crippen LogP contribution in [0.1, 0.15) is 43.9 Å². The summed E-state index contributed by atoms with van der Waals surface area (Å²) in [6.07, 6.45) is -2.49. The number of pyridine rings is 1. The number of aromatic nitrogens is 1. The van der Waals surface area contributed by atoms with Gasteiger partial charge >= 0.3 is 6.18 Å². The first-order valence-corrected chi connectivity index (χ1v) is 6.57. The third-order valence-electron chi connectivity index (χ3n) is 4.08. The molecule has 114 valence electrons. The molecular formula is C14H21F3N2O. The van der Waals surface area contributed by atoms with E-state index in [0.29, 0.717) is 12.8 Å². The molecule has 0 aromatic carbocycles. The van der Waals surface area contributed by atoms with Gasteiger partial charge in [0.1, 0.15) is 0 Å². The lowest BCUT2D eigenvalue weighted by Crippen LogP contribution is -2.48. The Bertz CT molecular complexity index is 442. The van der Waals surface area contributed by atoms with E-state index in [0.717, 1.165) is 18.5 Å². The molecule has 0 bridgehead atoms. The summed E-state index contributed by atoms with van der Waals surface area (Å²) in [6, 6.07) is 0.907. The minimum atomic E-state index is -4.50. The van der Waals surface area contributed by atoms with Crippen LogP contribution >= 0.6 is 0 Å². The van der Waals surface area contributed by atoms with Gasteiger partial charge in [0.25, 0.3) is 0 Å². The van der Waals surface area contributed by atoms with Crippen molar-refractivity contribution in [3.8, 4) is 0 Å². The Morgan fingerprint density at radius 2 is 1.80 bits per heavy atom. The van der Waals surface area contributed by atoms with Crippen LogP contribution in [0.3, 0.4) is 0 Å². The third-order valence-corrected chi connectivity index (χ3v) is 4.08. The summed E-state index contributed by atoms with van der Waals surface area (Å²) >= 11 is 0. The lowest BCUT2D eigenvalue weighted by Gasteiger charge is -2.43. The van der Waals surface area contributed by atoms with E-state index in [-0.39, 0.29) is 5.56 Å². The normalized spacial score (nSPS) is 14.7. The predicted octanol–water partition coefficient (Wildman–Crippen LogP) is 3.25. The van der Waals surface area contributed by atoms with Crippen LogP contribution in [0.2, 0.25) is 0 Å². The Hall–Kier alpha value is -1.14. The average molecular weight is 290 g/mol. The van der Waals surface area contributed by atoms with Gasteiger partial charge in [-0.3, -0.25) is 4.98 Å². The van der Waals surface area contributed by atoms with Crippen LogP contribution in [0, 0.1) is 0 Å². The summed E-state index contributed by atoms with van der Waals surface area (Å²) in [5, 5.41) is 10.6. The highest BCUT2D eigenvalue weighted by Crippen LogP contribution is 2.41. The van der Waals surface area contributed by atoms with Crippen LogP contribution in [0.15, 0.2) is 18.5 Å². The first-order valence-electron chi connectivity index (χ1n) is 6.57. The Morgan fingerprint density at radius 1 is 1.25 bits per heavy atom. The maximum atomic E-state index is 13.1. The quantitative estimate of drug-likeness (QED) is 0.904. The molecule has 1 atom stereocenters. The Labute approximate surface area is 117 Å². The van der Waals surface area contributed by atoms with Crippen molar-refractivity contribution in [2.24, 2.45) is 0 Å². The van der Waals surface area contributed by atoms with Gasteiger partial charge in [0.05, 0.1) is 17.2 Å². The fraction of sp³-hybridized carbons (Fsp3) is 0.643. The maximum absolute atomic E-state index is 13.1. The van der Waals surface area contributed by atoms with Gasteiger partial charge in [-0.05, 0) is 33.0 Å². The second kappa shape index (κ2) is 6.10. The van der Waals surface area contributed by atoms with Crippen molar-refractivity contribution in [3.05, 3.63) is 29.6 Å². The number of hydrogen-bond acceptors (Lipinski definition) is 3. The lowest BCUT2D eigenvalue weighted by molar-refractivity contribution is -0.140. The monoisotopic (exact) mass is 290 g/mol. The third kappa shape index (κ3) is 2.96. The van der Waals surface area contributed by atoms with Crippen LogP contribution in [0.5, 0.6) is 0 Å². The summed E-state index contributed by atoms with van der Waals surface area (Å²) < 4.78 is 39.2. The minimum absolute atomic E-state index is 0.169. The van der Waals surface area contributed by atoms with Gasteiger partial charge in [-0.25, -0.2) is 0 Å². The van der Waals surface area contributed by atoms with Gasteiger partial charge in [0.15, 0.2) is 0 Å². The molecule has 0 aliphatic rings. The molecule has 1 rings (SSSR count). The lowest BCUT2D eigenvalue weighted by atomic mass is 9.81. The van der Waals surface area contributed by atoms with Crippen molar-refractivity contribution >= 4 is 0 Å². The summed E-state index contributed by atoms with van der Waals surface area (Å²) in [4.78, 5) is 5.53. The molecule has 0 amide bonds. The van der Waals surface area contributed by atoms with Crippen LogP contribution in [0.4, 0.5) is 13.2 Å². The first-order chi connectivity index (χ1) is 9.20. The fourth-order valence-corrected chi connectivity index (χ4v) is 2.69. The molecule has 1 aromatic rings. The molecule has 3 nitrogen and oxygen atoms in total. The standard InChI is InChI=1S/C14H21F3N2O/c1-5-13(6-2,19(3)4)12(20)10-9-18-8-7-11(10)14(15,16)17/h7-9,12,20H,5-6H2,1-4H3. The zero-order valence-electron chi connectivity index (χ0n) is 12.2. The Kier molecular flexibility index (Phi) is 5.15. The highest BCUT2D eigenvalue weighted by atomic mass is 19.4. The van der Waals surface area contributed by atoms with Gasteiger partial charge < -0.3 is 10.0 Å². The van der Waals surface area contributed by atoms with E-state index in [1.165, 1.54) is 0 Å². The summed E-state index contributed by atoms with van der Waals surface area (Å²) in [5.41, 5.74) is -1.74. The van der Waals surface area contributed by atoms with Crippen molar-refractivity contribution in [2.45, 2.75) is 44.5 Å². The number of likely N-dealkylation sites (N-methyl/N-ethyl adjacent to an activating group) is 1. The predicted molar refractivity (Wildman–Crippen MR) is 71.2 cm³/mol. The van der Waals surface area contributed by atoms with E-state index in [4.69, 9.17) is 0 Å². The van der Waals surface area contributed by atoms with E-state index in [1.54, 1.807) is 19.0 Å². The molecule has 1 N–H and O–H groups in total. The zero-order valence-corrected chi connectivity index (χ0v) is 12.2. The van der Waals surface area contributed by atoms with E-state index < -0.39 is 23.4 Å². The first kappa shape index (κ1) is 16.9.